The predicted molar refractivity (Wildman–Crippen MR) is 111 cm³/mol. The van der Waals surface area contributed by atoms with E-state index in [2.05, 4.69) is 112 Å². The van der Waals surface area contributed by atoms with Gasteiger partial charge in [0.15, 0.2) is 0 Å². The average Bonchev–Trinajstić information content (AvgIpc) is 3.08. The van der Waals surface area contributed by atoms with Gasteiger partial charge in [-0.2, -0.15) is 6.42 Å². The van der Waals surface area contributed by atoms with Gasteiger partial charge in [0.05, 0.1) is 0 Å². The van der Waals surface area contributed by atoms with Crippen molar-refractivity contribution in [2.24, 2.45) is 23.2 Å². The minimum absolute atomic E-state index is 0. The molecule has 30 heavy (non-hydrogen) atoms. The van der Waals surface area contributed by atoms with Gasteiger partial charge in [-0.05, 0) is 28.4 Å². The van der Waals surface area contributed by atoms with Crippen LogP contribution >= 0.6 is 0 Å². The molecule has 0 heterocycles. The molecule has 0 saturated heterocycles. The van der Waals surface area contributed by atoms with Crippen molar-refractivity contribution in [1.29, 1.82) is 0 Å². The molecule has 3 unspecified atom stereocenters. The monoisotopic (exact) mass is 494 g/mol. The fourth-order valence-electron chi connectivity index (χ4n) is 5.54. The summed E-state index contributed by atoms with van der Waals surface area (Å²) in [6, 6.07) is 22.4. The van der Waals surface area contributed by atoms with Crippen molar-refractivity contribution in [2.45, 2.75) is 32.6 Å². The van der Waals surface area contributed by atoms with Gasteiger partial charge in [0.2, 0.25) is 0 Å². The Morgan fingerprint density at radius 2 is 1.20 bits per heavy atom. The third-order valence-electron chi connectivity index (χ3n) is 6.52. The largest absolute Gasteiger partial charge is 4.00 e. The smallest absolute Gasteiger partial charge is 1.00 e. The SMILES string of the molecule is CC(C)(C)C(c1ccccc1)(c1ccccc1)C1[CH-]CC2C=CC=CC21.[Cl-].[Cl-].[Cl-].[Ti+4]. The van der Waals surface area contributed by atoms with E-state index in [1.54, 1.807) is 0 Å². The maximum absolute atomic E-state index is 2.61. The summed E-state index contributed by atoms with van der Waals surface area (Å²) in [6.07, 6.45) is 13.1. The zero-order chi connectivity index (χ0) is 18.2. The van der Waals surface area contributed by atoms with Gasteiger partial charge in [-0.15, -0.1) is 5.92 Å². The van der Waals surface area contributed by atoms with Crippen LogP contribution in [0.5, 0.6) is 0 Å². The van der Waals surface area contributed by atoms with Gasteiger partial charge in [-0.1, -0.05) is 106 Å². The summed E-state index contributed by atoms with van der Waals surface area (Å²) in [5.41, 5.74) is 2.90. The first kappa shape index (κ1) is 29.5. The van der Waals surface area contributed by atoms with Crippen molar-refractivity contribution in [3.8, 4) is 0 Å². The molecule has 0 radical (unpaired) electrons. The second-order valence-corrected chi connectivity index (χ2v) is 8.80. The normalized spacial score (nSPS) is 21.9. The van der Waals surface area contributed by atoms with Crippen molar-refractivity contribution in [3.05, 3.63) is 103 Å². The Morgan fingerprint density at radius 3 is 1.67 bits per heavy atom. The summed E-state index contributed by atoms with van der Waals surface area (Å²) < 4.78 is 0. The van der Waals surface area contributed by atoms with Gasteiger partial charge in [0.1, 0.15) is 0 Å². The molecule has 2 aliphatic rings. The van der Waals surface area contributed by atoms with Crippen molar-refractivity contribution < 1.29 is 58.9 Å². The van der Waals surface area contributed by atoms with Crippen LogP contribution < -0.4 is 37.2 Å². The van der Waals surface area contributed by atoms with Crippen LogP contribution in [0.15, 0.2) is 85.0 Å². The maximum Gasteiger partial charge on any atom is 4.00 e. The van der Waals surface area contributed by atoms with Gasteiger partial charge in [0.25, 0.3) is 0 Å². The summed E-state index contributed by atoms with van der Waals surface area (Å²) in [5, 5.41) is 0. The van der Waals surface area contributed by atoms with Crippen LogP contribution in [0.1, 0.15) is 38.3 Å². The van der Waals surface area contributed by atoms with E-state index in [9.17, 15) is 0 Å². The van der Waals surface area contributed by atoms with Crippen LogP contribution in [0.2, 0.25) is 0 Å². The van der Waals surface area contributed by atoms with Crippen molar-refractivity contribution in [2.75, 3.05) is 0 Å². The number of allylic oxidation sites excluding steroid dienone is 4. The van der Waals surface area contributed by atoms with E-state index >= 15 is 0 Å². The van der Waals surface area contributed by atoms with Crippen LogP contribution in [0.25, 0.3) is 0 Å². The molecule has 4 rings (SSSR count). The van der Waals surface area contributed by atoms with Crippen molar-refractivity contribution in [1.82, 2.24) is 0 Å². The standard InChI is InChI=1S/C26H29.3ClH.Ti/c1-25(2,3)26(21-13-6-4-7-14-21,22-15-8-5-9-16-22)24-19-18-20-12-10-11-17-23(20)24;;;;/h4-17,19-20,23-24H,18H2,1-3H3;3*1H;/q-1;;;;+4/p-3. The molecular weight excluding hydrogens is 467 g/mol. The van der Waals surface area contributed by atoms with E-state index in [0.29, 0.717) is 17.8 Å². The molecule has 0 nitrogen and oxygen atoms in total. The summed E-state index contributed by atoms with van der Waals surface area (Å²) in [4.78, 5) is 0. The van der Waals surface area contributed by atoms with Crippen LogP contribution in [-0.4, -0.2) is 0 Å². The van der Waals surface area contributed by atoms with Gasteiger partial charge in [0, 0.05) is 5.41 Å². The Bertz CT molecular complexity index is 770. The van der Waals surface area contributed by atoms with Gasteiger partial charge < -0.3 is 43.6 Å². The molecule has 0 spiro atoms. The van der Waals surface area contributed by atoms with Crippen molar-refractivity contribution in [3.63, 3.8) is 0 Å². The Morgan fingerprint density at radius 1 is 0.733 bits per heavy atom. The minimum atomic E-state index is -0.0511. The van der Waals surface area contributed by atoms with Crippen LogP contribution in [0, 0.1) is 29.6 Å². The molecular formula is C26H29Cl3Ti. The molecule has 0 aliphatic heterocycles. The molecule has 2 aromatic carbocycles. The Labute approximate surface area is 216 Å². The summed E-state index contributed by atoms with van der Waals surface area (Å²) in [6.45, 7) is 7.24. The fourth-order valence-corrected chi connectivity index (χ4v) is 5.54. The first-order valence-corrected chi connectivity index (χ1v) is 9.84. The molecule has 3 atom stereocenters. The number of fused-ring (bicyclic) bond motifs is 1. The molecule has 2 aromatic rings. The molecule has 1 fully saturated rings. The maximum atomic E-state index is 2.61. The molecule has 0 bridgehead atoms. The van der Waals surface area contributed by atoms with Gasteiger partial charge >= 0.3 is 21.7 Å². The predicted octanol–water partition coefficient (Wildman–Crippen LogP) is -2.39. The molecule has 0 N–H and O–H groups in total. The molecule has 1 saturated carbocycles. The van der Waals surface area contributed by atoms with E-state index < -0.39 is 0 Å². The van der Waals surface area contributed by atoms with E-state index in [1.165, 1.54) is 17.5 Å². The fraction of sp³-hybridized carbons (Fsp3) is 0.346. The van der Waals surface area contributed by atoms with E-state index in [-0.39, 0.29) is 69.8 Å². The minimum Gasteiger partial charge on any atom is -1.00 e. The first-order valence-electron chi connectivity index (χ1n) is 9.84. The average molecular weight is 496 g/mol. The number of hydrogen-bond donors (Lipinski definition) is 0. The first-order chi connectivity index (χ1) is 12.5. The Balaban J connectivity index is 0.00000210. The van der Waals surface area contributed by atoms with Crippen LogP contribution in [-0.2, 0) is 27.1 Å². The molecule has 4 heteroatoms. The Kier molecular flexibility index (Phi) is 11.7. The van der Waals surface area contributed by atoms with Gasteiger partial charge in [-0.25, -0.2) is 0 Å². The third-order valence-corrected chi connectivity index (χ3v) is 6.52. The number of rotatable bonds is 3. The quantitative estimate of drug-likeness (QED) is 0.330. The second kappa shape index (κ2) is 11.9. The summed E-state index contributed by atoms with van der Waals surface area (Å²) >= 11 is 0. The third kappa shape index (κ3) is 4.95. The van der Waals surface area contributed by atoms with E-state index in [1.807, 2.05) is 0 Å². The van der Waals surface area contributed by atoms with Crippen LogP contribution in [0.4, 0.5) is 0 Å². The van der Waals surface area contributed by atoms with Crippen molar-refractivity contribution >= 4 is 0 Å². The number of hydrogen-bond acceptors (Lipinski definition) is 0. The number of halogens is 3. The zero-order valence-electron chi connectivity index (χ0n) is 17.7. The molecule has 0 amide bonds. The number of benzene rings is 2. The second-order valence-electron chi connectivity index (χ2n) is 8.80. The topological polar surface area (TPSA) is 0 Å². The van der Waals surface area contributed by atoms with Gasteiger partial charge in [-0.3, -0.25) is 0 Å². The molecule has 0 aromatic heterocycles. The zero-order valence-corrected chi connectivity index (χ0v) is 21.6. The van der Waals surface area contributed by atoms with Crippen LogP contribution in [0.3, 0.4) is 0 Å². The Hall–Kier alpha value is -0.496. The summed E-state index contributed by atoms with van der Waals surface area (Å²) in [7, 11) is 0. The van der Waals surface area contributed by atoms with E-state index in [4.69, 9.17) is 0 Å². The molecule has 2 aliphatic carbocycles. The molecule has 158 valence electrons. The summed E-state index contributed by atoms with van der Waals surface area (Å²) in [5.74, 6) is 1.69. The van der Waals surface area contributed by atoms with E-state index in [0.717, 1.165) is 0 Å².